The van der Waals surface area contributed by atoms with E-state index in [2.05, 4.69) is 16.0 Å². The summed E-state index contributed by atoms with van der Waals surface area (Å²) in [6.07, 6.45) is 2.64. The SMILES string of the molecule is CC(C)CNC(=O)CNC(=O)CC1CCNCC1. The van der Waals surface area contributed by atoms with Gasteiger partial charge in [0.15, 0.2) is 0 Å². The normalized spacial score (nSPS) is 16.6. The van der Waals surface area contributed by atoms with Crippen LogP contribution in [0.3, 0.4) is 0 Å². The molecule has 0 unspecified atom stereocenters. The molecule has 0 bridgehead atoms. The van der Waals surface area contributed by atoms with E-state index in [1.165, 1.54) is 0 Å². The summed E-state index contributed by atoms with van der Waals surface area (Å²) in [5.41, 5.74) is 0. The Hall–Kier alpha value is -1.10. The van der Waals surface area contributed by atoms with Crippen molar-refractivity contribution in [1.29, 1.82) is 0 Å². The lowest BCUT2D eigenvalue weighted by atomic mass is 9.94. The zero-order valence-corrected chi connectivity index (χ0v) is 11.4. The van der Waals surface area contributed by atoms with Gasteiger partial charge in [-0.1, -0.05) is 13.8 Å². The minimum atomic E-state index is -0.109. The molecular weight excluding hydrogens is 230 g/mol. The van der Waals surface area contributed by atoms with Gasteiger partial charge in [-0.15, -0.1) is 0 Å². The van der Waals surface area contributed by atoms with Gasteiger partial charge in [-0.25, -0.2) is 0 Å². The van der Waals surface area contributed by atoms with Gasteiger partial charge >= 0.3 is 0 Å². The summed E-state index contributed by atoms with van der Waals surface area (Å²) in [5.74, 6) is 0.772. The molecule has 18 heavy (non-hydrogen) atoms. The van der Waals surface area contributed by atoms with Crippen LogP contribution in [-0.2, 0) is 9.59 Å². The number of hydrogen-bond donors (Lipinski definition) is 3. The molecule has 2 amide bonds. The van der Waals surface area contributed by atoms with Gasteiger partial charge in [0, 0.05) is 13.0 Å². The van der Waals surface area contributed by atoms with E-state index in [1.54, 1.807) is 0 Å². The maximum atomic E-state index is 11.6. The van der Waals surface area contributed by atoms with E-state index in [4.69, 9.17) is 0 Å². The largest absolute Gasteiger partial charge is 0.354 e. The summed E-state index contributed by atoms with van der Waals surface area (Å²) in [6.45, 7) is 6.81. The van der Waals surface area contributed by atoms with Crippen molar-refractivity contribution in [3.05, 3.63) is 0 Å². The zero-order valence-electron chi connectivity index (χ0n) is 11.4. The second kappa shape index (κ2) is 8.08. The van der Waals surface area contributed by atoms with Gasteiger partial charge in [0.05, 0.1) is 6.54 Å². The average Bonchev–Trinajstić information content (AvgIpc) is 2.35. The first-order valence-electron chi connectivity index (χ1n) is 6.82. The van der Waals surface area contributed by atoms with Crippen LogP contribution in [0, 0.1) is 11.8 Å². The predicted molar refractivity (Wildman–Crippen MR) is 71.1 cm³/mol. The molecule has 0 aromatic rings. The standard InChI is InChI=1S/C13H25N3O2/c1-10(2)8-15-13(18)9-16-12(17)7-11-3-5-14-6-4-11/h10-11,14H,3-9H2,1-2H3,(H,15,18)(H,16,17). The van der Waals surface area contributed by atoms with E-state index < -0.39 is 0 Å². The minimum absolute atomic E-state index is 0.0124. The van der Waals surface area contributed by atoms with E-state index in [0.29, 0.717) is 24.8 Å². The smallest absolute Gasteiger partial charge is 0.239 e. The Morgan fingerprint density at radius 1 is 1.17 bits per heavy atom. The van der Waals surface area contributed by atoms with Crippen LogP contribution in [0.25, 0.3) is 0 Å². The summed E-state index contributed by atoms with van der Waals surface area (Å²) in [5, 5.41) is 8.73. The van der Waals surface area contributed by atoms with Crippen molar-refractivity contribution in [3.63, 3.8) is 0 Å². The van der Waals surface area contributed by atoms with Crippen molar-refractivity contribution in [3.8, 4) is 0 Å². The van der Waals surface area contributed by atoms with Crippen LogP contribution in [-0.4, -0.2) is 38.0 Å². The van der Waals surface area contributed by atoms with Gasteiger partial charge in [-0.3, -0.25) is 9.59 Å². The molecule has 3 N–H and O–H groups in total. The molecule has 5 heteroatoms. The van der Waals surface area contributed by atoms with Crippen LogP contribution in [0.4, 0.5) is 0 Å². The van der Waals surface area contributed by atoms with Crippen LogP contribution >= 0.6 is 0 Å². The fourth-order valence-electron chi connectivity index (χ4n) is 1.98. The quantitative estimate of drug-likeness (QED) is 0.638. The number of carbonyl (C=O) groups is 2. The lowest BCUT2D eigenvalue weighted by molar-refractivity contribution is -0.126. The number of rotatable bonds is 6. The summed E-state index contributed by atoms with van der Waals surface area (Å²) in [6, 6.07) is 0. The molecule has 0 spiro atoms. The first kappa shape index (κ1) is 15.0. The van der Waals surface area contributed by atoms with Gasteiger partial charge in [0.1, 0.15) is 0 Å². The van der Waals surface area contributed by atoms with Crippen LogP contribution < -0.4 is 16.0 Å². The first-order chi connectivity index (χ1) is 8.58. The van der Waals surface area contributed by atoms with Crippen LogP contribution in [0.5, 0.6) is 0 Å². The van der Waals surface area contributed by atoms with Crippen LogP contribution in [0.2, 0.25) is 0 Å². The molecule has 1 aliphatic heterocycles. The highest BCUT2D eigenvalue weighted by atomic mass is 16.2. The molecular formula is C13H25N3O2. The maximum Gasteiger partial charge on any atom is 0.239 e. The summed E-state index contributed by atoms with van der Waals surface area (Å²) < 4.78 is 0. The number of amides is 2. The number of piperidine rings is 1. The molecule has 0 radical (unpaired) electrons. The maximum absolute atomic E-state index is 11.6. The molecule has 1 heterocycles. The molecule has 0 atom stereocenters. The molecule has 1 fully saturated rings. The Labute approximate surface area is 109 Å². The highest BCUT2D eigenvalue weighted by molar-refractivity contribution is 5.84. The van der Waals surface area contributed by atoms with Gasteiger partial charge in [-0.05, 0) is 37.8 Å². The molecule has 0 aromatic heterocycles. The Morgan fingerprint density at radius 3 is 2.44 bits per heavy atom. The molecule has 1 rings (SSSR count). The van der Waals surface area contributed by atoms with E-state index >= 15 is 0 Å². The van der Waals surface area contributed by atoms with Crippen molar-refractivity contribution in [2.24, 2.45) is 11.8 Å². The molecule has 0 aliphatic carbocycles. The molecule has 1 saturated heterocycles. The minimum Gasteiger partial charge on any atom is -0.354 e. The third-order valence-electron chi connectivity index (χ3n) is 3.09. The lowest BCUT2D eigenvalue weighted by Gasteiger charge is -2.21. The van der Waals surface area contributed by atoms with E-state index in [1.807, 2.05) is 13.8 Å². The lowest BCUT2D eigenvalue weighted by Crippen LogP contribution is -2.39. The Morgan fingerprint density at radius 2 is 1.83 bits per heavy atom. The number of carbonyl (C=O) groups excluding carboxylic acids is 2. The number of nitrogens with one attached hydrogen (secondary N) is 3. The average molecular weight is 255 g/mol. The van der Waals surface area contributed by atoms with Gasteiger partial charge < -0.3 is 16.0 Å². The first-order valence-corrected chi connectivity index (χ1v) is 6.82. The Kier molecular flexibility index (Phi) is 6.72. The van der Waals surface area contributed by atoms with Crippen molar-refractivity contribution < 1.29 is 9.59 Å². The fraction of sp³-hybridized carbons (Fsp3) is 0.846. The Balaban J connectivity index is 2.10. The Bertz CT molecular complexity index is 273. The van der Waals surface area contributed by atoms with Crippen molar-refractivity contribution in [2.45, 2.75) is 33.1 Å². The van der Waals surface area contributed by atoms with Crippen molar-refractivity contribution in [1.82, 2.24) is 16.0 Å². The number of hydrogen-bond acceptors (Lipinski definition) is 3. The van der Waals surface area contributed by atoms with Crippen LogP contribution in [0.1, 0.15) is 33.1 Å². The molecule has 5 nitrogen and oxygen atoms in total. The topological polar surface area (TPSA) is 70.2 Å². The van der Waals surface area contributed by atoms with Crippen molar-refractivity contribution in [2.75, 3.05) is 26.2 Å². The third kappa shape index (κ3) is 6.59. The predicted octanol–water partition coefficient (Wildman–Crippen LogP) is 0.265. The second-order valence-electron chi connectivity index (χ2n) is 5.37. The van der Waals surface area contributed by atoms with Gasteiger partial charge in [-0.2, -0.15) is 0 Å². The zero-order chi connectivity index (χ0) is 13.4. The van der Waals surface area contributed by atoms with E-state index in [9.17, 15) is 9.59 Å². The van der Waals surface area contributed by atoms with E-state index in [0.717, 1.165) is 25.9 Å². The molecule has 1 aliphatic rings. The third-order valence-corrected chi connectivity index (χ3v) is 3.09. The van der Waals surface area contributed by atoms with Gasteiger partial charge in [0.2, 0.25) is 11.8 Å². The van der Waals surface area contributed by atoms with E-state index in [-0.39, 0.29) is 18.4 Å². The van der Waals surface area contributed by atoms with Crippen LogP contribution in [0.15, 0.2) is 0 Å². The second-order valence-corrected chi connectivity index (χ2v) is 5.37. The molecule has 0 saturated carbocycles. The molecule has 0 aromatic carbocycles. The highest BCUT2D eigenvalue weighted by Gasteiger charge is 2.16. The molecule has 104 valence electrons. The van der Waals surface area contributed by atoms with Gasteiger partial charge in [0.25, 0.3) is 0 Å². The monoisotopic (exact) mass is 255 g/mol. The highest BCUT2D eigenvalue weighted by Crippen LogP contribution is 2.15. The fourth-order valence-corrected chi connectivity index (χ4v) is 1.98. The van der Waals surface area contributed by atoms with Crippen molar-refractivity contribution >= 4 is 11.8 Å². The summed E-state index contributed by atoms with van der Waals surface area (Å²) in [7, 11) is 0. The summed E-state index contributed by atoms with van der Waals surface area (Å²) >= 11 is 0. The summed E-state index contributed by atoms with van der Waals surface area (Å²) in [4.78, 5) is 23.1.